The quantitative estimate of drug-likeness (QED) is 0.787. The molecule has 0 bridgehead atoms. The summed E-state index contributed by atoms with van der Waals surface area (Å²) < 4.78 is 5.25. The summed E-state index contributed by atoms with van der Waals surface area (Å²) in [7, 11) is 0. The monoisotopic (exact) mass is 251 g/mol. The molecule has 0 saturated carbocycles. The first-order valence-electron chi connectivity index (χ1n) is 5.92. The van der Waals surface area contributed by atoms with Gasteiger partial charge in [0.1, 0.15) is 6.61 Å². The molecular weight excluding hydrogens is 238 g/mol. The molecule has 2 aromatic rings. The molecular formula is C16H13NO2. The van der Waals surface area contributed by atoms with E-state index < -0.39 is 5.97 Å². The highest BCUT2D eigenvalue weighted by molar-refractivity contribution is 5.89. The van der Waals surface area contributed by atoms with Crippen molar-refractivity contribution in [3.05, 3.63) is 70.8 Å². The highest BCUT2D eigenvalue weighted by Crippen LogP contribution is 2.11. The summed E-state index contributed by atoms with van der Waals surface area (Å²) in [6.45, 7) is 2.21. The lowest BCUT2D eigenvalue weighted by atomic mass is 10.1. The molecule has 3 heteroatoms. The summed E-state index contributed by atoms with van der Waals surface area (Å²) in [6.07, 6.45) is 0. The Kier molecular flexibility index (Phi) is 3.94. The number of carbonyl (C=O) groups is 1. The first-order chi connectivity index (χ1) is 9.20. The Labute approximate surface area is 112 Å². The van der Waals surface area contributed by atoms with Gasteiger partial charge in [-0.25, -0.2) is 4.79 Å². The third-order valence-corrected chi connectivity index (χ3v) is 2.85. The number of nitrogens with zero attached hydrogens (tertiary/aromatic N) is 1. The predicted molar refractivity (Wildman–Crippen MR) is 71.5 cm³/mol. The molecule has 0 aliphatic carbocycles. The van der Waals surface area contributed by atoms with Crippen molar-refractivity contribution in [1.82, 2.24) is 0 Å². The minimum atomic E-state index is -0.416. The standard InChI is InChI=1S/C16H13NO2/c1-12-5-2-3-7-15(12)11-19-16(18)14-8-4-6-13(9-14)10-17/h2-9H,11H2,1H3. The van der Waals surface area contributed by atoms with Crippen molar-refractivity contribution in [2.45, 2.75) is 13.5 Å². The van der Waals surface area contributed by atoms with E-state index in [-0.39, 0.29) is 6.61 Å². The fraction of sp³-hybridized carbons (Fsp3) is 0.125. The first kappa shape index (κ1) is 12.8. The van der Waals surface area contributed by atoms with Gasteiger partial charge in [-0.15, -0.1) is 0 Å². The van der Waals surface area contributed by atoms with Crippen molar-refractivity contribution in [2.75, 3.05) is 0 Å². The van der Waals surface area contributed by atoms with E-state index in [4.69, 9.17) is 10.00 Å². The second-order valence-corrected chi connectivity index (χ2v) is 4.20. The second-order valence-electron chi connectivity index (χ2n) is 4.20. The Hall–Kier alpha value is -2.60. The Morgan fingerprint density at radius 3 is 2.74 bits per heavy atom. The minimum Gasteiger partial charge on any atom is -0.457 e. The Balaban J connectivity index is 2.06. The van der Waals surface area contributed by atoms with E-state index in [0.717, 1.165) is 11.1 Å². The van der Waals surface area contributed by atoms with Gasteiger partial charge >= 0.3 is 5.97 Å². The van der Waals surface area contributed by atoms with Crippen molar-refractivity contribution in [3.63, 3.8) is 0 Å². The van der Waals surface area contributed by atoms with E-state index in [1.165, 1.54) is 6.07 Å². The molecule has 0 unspecified atom stereocenters. The van der Waals surface area contributed by atoms with Crippen LogP contribution in [0.3, 0.4) is 0 Å². The number of benzene rings is 2. The van der Waals surface area contributed by atoms with E-state index in [0.29, 0.717) is 11.1 Å². The summed E-state index contributed by atoms with van der Waals surface area (Å²) in [5.74, 6) is -0.416. The molecule has 0 fully saturated rings. The Morgan fingerprint density at radius 2 is 2.00 bits per heavy atom. The Bertz CT molecular complexity index is 641. The molecule has 2 aromatic carbocycles. The zero-order chi connectivity index (χ0) is 13.7. The smallest absolute Gasteiger partial charge is 0.338 e. The number of hydrogen-bond donors (Lipinski definition) is 0. The molecule has 0 amide bonds. The molecule has 19 heavy (non-hydrogen) atoms. The topological polar surface area (TPSA) is 50.1 Å². The van der Waals surface area contributed by atoms with E-state index in [1.54, 1.807) is 18.2 Å². The van der Waals surface area contributed by atoms with E-state index in [9.17, 15) is 4.79 Å². The SMILES string of the molecule is Cc1ccccc1COC(=O)c1cccc(C#N)c1. The van der Waals surface area contributed by atoms with Gasteiger partial charge < -0.3 is 4.74 Å². The predicted octanol–water partition coefficient (Wildman–Crippen LogP) is 3.22. The van der Waals surface area contributed by atoms with Gasteiger partial charge in [-0.1, -0.05) is 30.3 Å². The van der Waals surface area contributed by atoms with Crippen LogP contribution < -0.4 is 0 Å². The number of esters is 1. The van der Waals surface area contributed by atoms with Gasteiger partial charge in [0.15, 0.2) is 0 Å². The summed E-state index contributed by atoms with van der Waals surface area (Å²) >= 11 is 0. The maximum absolute atomic E-state index is 11.9. The van der Waals surface area contributed by atoms with E-state index in [2.05, 4.69) is 0 Å². The zero-order valence-corrected chi connectivity index (χ0v) is 10.6. The number of rotatable bonds is 3. The largest absolute Gasteiger partial charge is 0.457 e. The van der Waals surface area contributed by atoms with Crippen molar-refractivity contribution in [1.29, 1.82) is 5.26 Å². The van der Waals surface area contributed by atoms with Gasteiger partial charge in [0.2, 0.25) is 0 Å². The molecule has 0 spiro atoms. The lowest BCUT2D eigenvalue weighted by Gasteiger charge is -2.07. The van der Waals surface area contributed by atoms with Gasteiger partial charge in [-0.3, -0.25) is 0 Å². The van der Waals surface area contributed by atoms with E-state index >= 15 is 0 Å². The number of carbonyl (C=O) groups excluding carboxylic acids is 1. The Morgan fingerprint density at radius 1 is 1.21 bits per heavy atom. The fourth-order valence-corrected chi connectivity index (χ4v) is 1.71. The summed E-state index contributed by atoms with van der Waals surface area (Å²) in [5.41, 5.74) is 2.91. The van der Waals surface area contributed by atoms with Crippen LogP contribution in [0, 0.1) is 18.3 Å². The highest BCUT2D eigenvalue weighted by atomic mass is 16.5. The van der Waals surface area contributed by atoms with Crippen molar-refractivity contribution in [2.24, 2.45) is 0 Å². The van der Waals surface area contributed by atoms with Gasteiger partial charge in [-0.2, -0.15) is 5.26 Å². The summed E-state index contributed by atoms with van der Waals surface area (Å²) in [6, 6.07) is 16.2. The van der Waals surface area contributed by atoms with Crippen LogP contribution >= 0.6 is 0 Å². The van der Waals surface area contributed by atoms with E-state index in [1.807, 2.05) is 37.3 Å². The van der Waals surface area contributed by atoms with Crippen LogP contribution in [-0.2, 0) is 11.3 Å². The van der Waals surface area contributed by atoms with Crippen molar-refractivity contribution in [3.8, 4) is 6.07 Å². The molecule has 0 heterocycles. The number of ether oxygens (including phenoxy) is 1. The molecule has 0 aliphatic rings. The average Bonchev–Trinajstić information content (AvgIpc) is 2.46. The van der Waals surface area contributed by atoms with Crippen molar-refractivity contribution < 1.29 is 9.53 Å². The lowest BCUT2D eigenvalue weighted by molar-refractivity contribution is 0.0472. The maximum Gasteiger partial charge on any atom is 0.338 e. The number of nitriles is 1. The van der Waals surface area contributed by atoms with Gasteiger partial charge in [0.05, 0.1) is 17.2 Å². The number of aryl methyl sites for hydroxylation is 1. The molecule has 0 N–H and O–H groups in total. The third kappa shape index (κ3) is 3.20. The fourth-order valence-electron chi connectivity index (χ4n) is 1.71. The molecule has 0 aliphatic heterocycles. The average molecular weight is 251 g/mol. The molecule has 0 aromatic heterocycles. The normalized spacial score (nSPS) is 9.68. The lowest BCUT2D eigenvalue weighted by Crippen LogP contribution is -2.06. The molecule has 3 nitrogen and oxygen atoms in total. The summed E-state index contributed by atoms with van der Waals surface area (Å²) in [4.78, 5) is 11.9. The second kappa shape index (κ2) is 5.83. The number of hydrogen-bond acceptors (Lipinski definition) is 3. The van der Waals surface area contributed by atoms with Crippen LogP contribution in [0.15, 0.2) is 48.5 Å². The molecule has 0 atom stereocenters. The van der Waals surface area contributed by atoms with Crippen LogP contribution in [0.2, 0.25) is 0 Å². The molecule has 2 rings (SSSR count). The molecule has 94 valence electrons. The van der Waals surface area contributed by atoms with Crippen LogP contribution in [0.4, 0.5) is 0 Å². The first-order valence-corrected chi connectivity index (χ1v) is 5.92. The van der Waals surface area contributed by atoms with Gasteiger partial charge in [0.25, 0.3) is 0 Å². The van der Waals surface area contributed by atoms with Gasteiger partial charge in [-0.05, 0) is 36.2 Å². The van der Waals surface area contributed by atoms with Crippen LogP contribution in [0.5, 0.6) is 0 Å². The maximum atomic E-state index is 11.9. The van der Waals surface area contributed by atoms with Gasteiger partial charge in [0, 0.05) is 0 Å². The van der Waals surface area contributed by atoms with Crippen LogP contribution in [0.25, 0.3) is 0 Å². The minimum absolute atomic E-state index is 0.238. The highest BCUT2D eigenvalue weighted by Gasteiger charge is 2.08. The van der Waals surface area contributed by atoms with Crippen LogP contribution in [0.1, 0.15) is 27.0 Å². The summed E-state index contributed by atoms with van der Waals surface area (Å²) in [5, 5.41) is 8.79. The third-order valence-electron chi connectivity index (χ3n) is 2.85. The molecule has 0 radical (unpaired) electrons. The van der Waals surface area contributed by atoms with Crippen molar-refractivity contribution >= 4 is 5.97 Å². The zero-order valence-electron chi connectivity index (χ0n) is 10.6. The van der Waals surface area contributed by atoms with Crippen LogP contribution in [-0.4, -0.2) is 5.97 Å². The molecule has 0 saturated heterocycles.